The molecule has 0 fully saturated rings. The van der Waals surface area contributed by atoms with E-state index < -0.39 is 0 Å². The molecule has 6 aromatic carbocycles. The Morgan fingerprint density at radius 1 is 0.409 bits per heavy atom. The van der Waals surface area contributed by atoms with Crippen molar-refractivity contribution in [2.75, 3.05) is 0 Å². The summed E-state index contributed by atoms with van der Waals surface area (Å²) in [5.41, 5.74) is 8.51. The van der Waals surface area contributed by atoms with E-state index in [0.717, 1.165) is 59.6 Å². The van der Waals surface area contributed by atoms with E-state index in [-0.39, 0.29) is 0 Å². The average molecular weight is 629 g/mol. The third-order valence-corrected chi connectivity index (χ3v) is 8.70. The molecule has 44 heavy (non-hydrogen) atoms. The van der Waals surface area contributed by atoms with Crippen LogP contribution in [0.5, 0.6) is 0 Å². The second-order valence-corrected chi connectivity index (χ2v) is 11.6. The molecule has 8 aromatic rings. The maximum absolute atomic E-state index is 5.16. The quantitative estimate of drug-likeness (QED) is 0.180. The third kappa shape index (κ3) is 4.69. The molecule has 2 aromatic heterocycles. The predicted molar refractivity (Wildman–Crippen MR) is 181 cm³/mol. The maximum atomic E-state index is 5.16. The molecule has 8 rings (SSSR count). The van der Waals surface area contributed by atoms with Gasteiger partial charge in [-0.2, -0.15) is 0 Å². The SMILES string of the molecule is [Se]c1ccccc1-c1cccc(-c2nc(-c3ccccc3)nc(-n3c4ccccc4c4ccc(-c5ccccc5)cc43)n2)c1. The van der Waals surface area contributed by atoms with Gasteiger partial charge in [0, 0.05) is 0 Å². The van der Waals surface area contributed by atoms with E-state index in [1.165, 1.54) is 0 Å². The Balaban J connectivity index is 1.39. The van der Waals surface area contributed by atoms with Gasteiger partial charge in [0.25, 0.3) is 0 Å². The van der Waals surface area contributed by atoms with Gasteiger partial charge in [0.1, 0.15) is 0 Å². The zero-order valence-corrected chi connectivity index (χ0v) is 25.3. The van der Waals surface area contributed by atoms with Gasteiger partial charge in [-0.25, -0.2) is 0 Å². The van der Waals surface area contributed by atoms with Crippen molar-refractivity contribution in [3.63, 3.8) is 0 Å². The predicted octanol–water partition coefficient (Wildman–Crippen LogP) is 8.43. The third-order valence-electron chi connectivity index (χ3n) is 7.96. The number of rotatable bonds is 5. The molecule has 0 unspecified atom stereocenters. The first-order chi connectivity index (χ1) is 21.7. The summed E-state index contributed by atoms with van der Waals surface area (Å²) in [6.07, 6.45) is 0. The molecule has 207 valence electrons. The molecule has 0 spiro atoms. The van der Waals surface area contributed by atoms with Crippen molar-refractivity contribution in [2.45, 2.75) is 0 Å². The Kier molecular flexibility index (Phi) is 6.60. The van der Waals surface area contributed by atoms with E-state index in [1.807, 2.05) is 42.5 Å². The van der Waals surface area contributed by atoms with Crippen LogP contribution < -0.4 is 4.46 Å². The van der Waals surface area contributed by atoms with Crippen LogP contribution in [-0.2, 0) is 0 Å². The molecule has 0 aliphatic carbocycles. The minimum atomic E-state index is 0.583. The molecule has 0 atom stereocenters. The zero-order valence-electron chi connectivity index (χ0n) is 23.6. The van der Waals surface area contributed by atoms with Gasteiger partial charge in [0.05, 0.1) is 0 Å². The van der Waals surface area contributed by atoms with Gasteiger partial charge in [-0.05, 0) is 5.56 Å². The number of hydrogen-bond acceptors (Lipinski definition) is 3. The van der Waals surface area contributed by atoms with Crippen LogP contribution in [0, 0.1) is 0 Å². The van der Waals surface area contributed by atoms with Crippen molar-refractivity contribution in [2.24, 2.45) is 0 Å². The van der Waals surface area contributed by atoms with E-state index in [0.29, 0.717) is 17.6 Å². The van der Waals surface area contributed by atoms with Crippen LogP contribution in [0.1, 0.15) is 0 Å². The fourth-order valence-corrected chi connectivity index (χ4v) is 6.39. The zero-order chi connectivity index (χ0) is 29.5. The van der Waals surface area contributed by atoms with E-state index in [2.05, 4.69) is 130 Å². The van der Waals surface area contributed by atoms with Crippen molar-refractivity contribution in [3.05, 3.63) is 152 Å². The molecule has 0 saturated carbocycles. The summed E-state index contributed by atoms with van der Waals surface area (Å²) in [5, 5.41) is 2.31. The van der Waals surface area contributed by atoms with Crippen molar-refractivity contribution >= 4 is 42.3 Å². The molecule has 0 bridgehead atoms. The van der Waals surface area contributed by atoms with Crippen LogP contribution in [0.2, 0.25) is 0 Å². The van der Waals surface area contributed by atoms with Gasteiger partial charge < -0.3 is 0 Å². The van der Waals surface area contributed by atoms with Gasteiger partial charge in [-0.15, -0.1) is 0 Å². The standard InChI is InChI=1S/C39H25N4Se/c44-36-21-10-8-18-31(36)29-16-11-17-30(24-29)38-40-37(27-14-5-2-6-15-27)41-39(42-38)43-34-20-9-7-19-32(34)33-23-22-28(25-35(33)43)26-12-3-1-4-13-26/h1-25H. The van der Waals surface area contributed by atoms with Crippen LogP contribution in [0.25, 0.3) is 72.8 Å². The molecule has 2 heterocycles. The number of hydrogen-bond donors (Lipinski definition) is 0. The minimum absolute atomic E-state index is 0.583. The van der Waals surface area contributed by atoms with Crippen LogP contribution >= 0.6 is 0 Å². The monoisotopic (exact) mass is 629 g/mol. The normalized spacial score (nSPS) is 11.3. The van der Waals surface area contributed by atoms with Gasteiger partial charge in [-0.1, -0.05) is 42.5 Å². The van der Waals surface area contributed by atoms with Crippen molar-refractivity contribution < 1.29 is 0 Å². The molecule has 1 radical (unpaired) electrons. The molecule has 0 amide bonds. The van der Waals surface area contributed by atoms with Crippen LogP contribution in [0.3, 0.4) is 0 Å². The summed E-state index contributed by atoms with van der Waals surface area (Å²) in [5.74, 6) is 1.84. The molecule has 0 aliphatic heterocycles. The van der Waals surface area contributed by atoms with Crippen molar-refractivity contribution in [3.8, 4) is 51.0 Å². The number of para-hydroxylation sites is 1. The number of aromatic nitrogens is 4. The fourth-order valence-electron chi connectivity index (χ4n) is 5.84. The first-order valence-corrected chi connectivity index (χ1v) is 15.4. The molecular formula is C39H25N4Se. The summed E-state index contributed by atoms with van der Waals surface area (Å²) in [6.45, 7) is 0. The molecule has 0 saturated heterocycles. The van der Waals surface area contributed by atoms with Crippen molar-refractivity contribution in [1.82, 2.24) is 19.5 Å². The van der Waals surface area contributed by atoms with Gasteiger partial charge in [0.15, 0.2) is 0 Å². The van der Waals surface area contributed by atoms with Gasteiger partial charge >= 0.3 is 216 Å². The Morgan fingerprint density at radius 2 is 1.02 bits per heavy atom. The van der Waals surface area contributed by atoms with Gasteiger partial charge in [0.2, 0.25) is 0 Å². The van der Waals surface area contributed by atoms with Crippen LogP contribution in [0.15, 0.2) is 152 Å². The van der Waals surface area contributed by atoms with E-state index in [9.17, 15) is 0 Å². The van der Waals surface area contributed by atoms with E-state index in [1.54, 1.807) is 0 Å². The average Bonchev–Trinajstić information content (AvgIpc) is 3.43. The second kappa shape index (κ2) is 11.1. The van der Waals surface area contributed by atoms with Crippen molar-refractivity contribution in [1.29, 1.82) is 0 Å². The molecule has 5 heteroatoms. The summed E-state index contributed by atoms with van der Waals surface area (Å²) in [7, 11) is 0. The number of fused-ring (bicyclic) bond motifs is 3. The summed E-state index contributed by atoms with van der Waals surface area (Å²) in [6, 6.07) is 52.4. The molecule has 0 aliphatic rings. The number of benzene rings is 6. The Bertz CT molecular complexity index is 2290. The topological polar surface area (TPSA) is 43.6 Å². The van der Waals surface area contributed by atoms with Crippen LogP contribution in [-0.4, -0.2) is 35.5 Å². The van der Waals surface area contributed by atoms with Gasteiger partial charge in [-0.3, -0.25) is 0 Å². The summed E-state index contributed by atoms with van der Waals surface area (Å²) in [4.78, 5) is 15.3. The fraction of sp³-hybridized carbons (Fsp3) is 0. The van der Waals surface area contributed by atoms with E-state index >= 15 is 0 Å². The Morgan fingerprint density at radius 3 is 1.82 bits per heavy atom. The van der Waals surface area contributed by atoms with E-state index in [4.69, 9.17) is 15.0 Å². The summed E-state index contributed by atoms with van der Waals surface area (Å²) >= 11 is 3.19. The first kappa shape index (κ1) is 26.3. The first-order valence-electron chi connectivity index (χ1n) is 14.5. The Labute approximate surface area is 263 Å². The molecule has 4 nitrogen and oxygen atoms in total. The summed E-state index contributed by atoms with van der Waals surface area (Å²) < 4.78 is 3.28. The number of nitrogens with zero attached hydrogens (tertiary/aromatic N) is 4. The van der Waals surface area contributed by atoms with Crippen LogP contribution in [0.4, 0.5) is 0 Å². The Hall–Kier alpha value is -5.35. The molecular weight excluding hydrogens is 603 g/mol. The molecule has 0 N–H and O–H groups in total. The second-order valence-electron chi connectivity index (χ2n) is 10.7.